The molecule has 0 amide bonds. The van der Waals surface area contributed by atoms with Crippen molar-refractivity contribution in [3.8, 4) is 16.9 Å². The predicted molar refractivity (Wildman–Crippen MR) is 102 cm³/mol. The summed E-state index contributed by atoms with van der Waals surface area (Å²) in [5.41, 5.74) is 1.69. The number of ether oxygens (including phenoxy) is 1. The third-order valence-corrected chi connectivity index (χ3v) is 5.46. The smallest absolute Gasteiger partial charge is 0.303 e. The Kier molecular flexibility index (Phi) is 5.37. The molecule has 1 N–H and O–H groups in total. The second-order valence-corrected chi connectivity index (χ2v) is 6.99. The first kappa shape index (κ1) is 18.1. The van der Waals surface area contributed by atoms with Gasteiger partial charge in [0.2, 0.25) is 0 Å². The van der Waals surface area contributed by atoms with E-state index < -0.39 is 5.97 Å². The minimum Gasteiger partial charge on any atom is -0.497 e. The number of carboxylic acid groups (broad SMARTS) is 1. The van der Waals surface area contributed by atoms with Crippen LogP contribution in [0.2, 0.25) is 0 Å². The molecule has 0 saturated carbocycles. The molecule has 26 heavy (non-hydrogen) atoms. The fourth-order valence-electron chi connectivity index (χ4n) is 2.97. The molecule has 136 valence electrons. The fraction of sp³-hybridized carbons (Fsp3) is 0.316. The van der Waals surface area contributed by atoms with Gasteiger partial charge in [-0.25, -0.2) is 4.98 Å². The van der Waals surface area contributed by atoms with Gasteiger partial charge in [-0.15, -0.1) is 11.3 Å². The molecule has 0 atom stereocenters. The number of carbonyl (C=O) groups is 1. The van der Waals surface area contributed by atoms with Crippen molar-refractivity contribution < 1.29 is 14.6 Å². The average molecular weight is 372 g/mol. The van der Waals surface area contributed by atoms with Crippen LogP contribution in [0.1, 0.15) is 24.6 Å². The molecular weight excluding hydrogens is 352 g/mol. The summed E-state index contributed by atoms with van der Waals surface area (Å²) in [5, 5.41) is 9.39. The van der Waals surface area contributed by atoms with E-state index in [1.54, 1.807) is 7.11 Å². The van der Waals surface area contributed by atoms with Gasteiger partial charge in [0.05, 0.1) is 18.8 Å². The van der Waals surface area contributed by atoms with Crippen LogP contribution in [-0.2, 0) is 17.8 Å². The minimum absolute atomic E-state index is 0.0249. The van der Waals surface area contributed by atoms with E-state index >= 15 is 0 Å². The van der Waals surface area contributed by atoms with Gasteiger partial charge in [0.25, 0.3) is 5.56 Å². The van der Waals surface area contributed by atoms with Crippen molar-refractivity contribution in [2.75, 3.05) is 7.11 Å². The number of aryl methyl sites for hydroxylation is 2. The van der Waals surface area contributed by atoms with Gasteiger partial charge in [-0.3, -0.25) is 14.2 Å². The summed E-state index contributed by atoms with van der Waals surface area (Å²) in [6, 6.07) is 7.65. The number of rotatable bonds is 7. The van der Waals surface area contributed by atoms with Crippen LogP contribution in [0.25, 0.3) is 21.3 Å². The molecule has 3 rings (SSSR count). The third kappa shape index (κ3) is 3.48. The van der Waals surface area contributed by atoms with Gasteiger partial charge in [-0.05, 0) is 30.5 Å². The van der Waals surface area contributed by atoms with E-state index in [-0.39, 0.29) is 12.0 Å². The Labute approximate surface area is 154 Å². The topological polar surface area (TPSA) is 81.4 Å². The molecule has 2 aromatic heterocycles. The highest BCUT2D eigenvalue weighted by Gasteiger charge is 2.18. The predicted octanol–water partition coefficient (Wildman–Crippen LogP) is 3.56. The molecule has 7 heteroatoms. The lowest BCUT2D eigenvalue weighted by atomic mass is 10.0. The van der Waals surface area contributed by atoms with Crippen LogP contribution in [0.5, 0.6) is 5.75 Å². The molecule has 6 nitrogen and oxygen atoms in total. The van der Waals surface area contributed by atoms with E-state index in [0.29, 0.717) is 23.2 Å². The van der Waals surface area contributed by atoms with Crippen LogP contribution in [0.3, 0.4) is 0 Å². The number of methoxy groups -OCH3 is 1. The molecular formula is C19H20N2O4S. The van der Waals surface area contributed by atoms with Crippen LogP contribution in [0.15, 0.2) is 35.4 Å². The van der Waals surface area contributed by atoms with Crippen molar-refractivity contribution in [2.45, 2.75) is 32.7 Å². The lowest BCUT2D eigenvalue weighted by Crippen LogP contribution is -2.21. The second-order valence-electron chi connectivity index (χ2n) is 5.91. The highest BCUT2D eigenvalue weighted by molar-refractivity contribution is 7.19. The zero-order chi connectivity index (χ0) is 18.7. The Hall–Kier alpha value is -2.67. The SMILES string of the molecule is CCc1sc2ncn(CCCC(=O)O)c(=O)c2c1-c1cccc(OC)c1. The molecule has 2 heterocycles. The maximum absolute atomic E-state index is 13.0. The molecule has 0 aliphatic rings. The van der Waals surface area contributed by atoms with Crippen LogP contribution in [-0.4, -0.2) is 27.7 Å². The summed E-state index contributed by atoms with van der Waals surface area (Å²) in [5.74, 6) is -0.137. The van der Waals surface area contributed by atoms with Gasteiger partial charge in [-0.1, -0.05) is 19.1 Å². The zero-order valence-corrected chi connectivity index (χ0v) is 15.5. The van der Waals surface area contributed by atoms with Gasteiger partial charge in [-0.2, -0.15) is 0 Å². The van der Waals surface area contributed by atoms with E-state index in [0.717, 1.165) is 28.2 Å². The highest BCUT2D eigenvalue weighted by atomic mass is 32.1. The molecule has 0 fully saturated rings. The number of aromatic nitrogens is 2. The van der Waals surface area contributed by atoms with Crippen molar-refractivity contribution in [1.29, 1.82) is 0 Å². The van der Waals surface area contributed by atoms with E-state index in [9.17, 15) is 9.59 Å². The molecule has 0 aliphatic carbocycles. The lowest BCUT2D eigenvalue weighted by Gasteiger charge is -2.07. The molecule has 1 aromatic carbocycles. The summed E-state index contributed by atoms with van der Waals surface area (Å²) in [6.07, 6.45) is 2.72. The van der Waals surface area contributed by atoms with Gasteiger partial charge >= 0.3 is 5.97 Å². The fourth-order valence-corrected chi connectivity index (χ4v) is 4.06. The molecule has 0 aliphatic heterocycles. The molecule has 0 unspecified atom stereocenters. The van der Waals surface area contributed by atoms with Crippen LogP contribution >= 0.6 is 11.3 Å². The van der Waals surface area contributed by atoms with E-state index in [1.807, 2.05) is 24.3 Å². The summed E-state index contributed by atoms with van der Waals surface area (Å²) in [7, 11) is 1.61. The van der Waals surface area contributed by atoms with E-state index in [1.165, 1.54) is 22.2 Å². The Morgan fingerprint density at radius 2 is 2.19 bits per heavy atom. The van der Waals surface area contributed by atoms with Gasteiger partial charge in [0.1, 0.15) is 10.6 Å². The Balaban J connectivity index is 2.14. The average Bonchev–Trinajstić information content (AvgIpc) is 3.03. The Bertz CT molecular complexity index is 1010. The molecule has 0 saturated heterocycles. The standard InChI is InChI=1S/C19H20N2O4S/c1-3-14-16(12-6-4-7-13(10-12)25-2)17-18(26-14)20-11-21(19(17)24)9-5-8-15(22)23/h4,6-7,10-11H,3,5,8-9H2,1-2H3,(H,22,23). The maximum atomic E-state index is 13.0. The normalized spacial score (nSPS) is 11.0. The summed E-state index contributed by atoms with van der Waals surface area (Å²) in [6.45, 7) is 2.39. The molecule has 0 radical (unpaired) electrons. The van der Waals surface area contributed by atoms with Crippen molar-refractivity contribution in [3.05, 3.63) is 45.8 Å². The number of hydrogen-bond acceptors (Lipinski definition) is 5. The van der Waals surface area contributed by atoms with Crippen molar-refractivity contribution >= 4 is 27.5 Å². The first-order valence-electron chi connectivity index (χ1n) is 8.42. The first-order valence-corrected chi connectivity index (χ1v) is 9.23. The second kappa shape index (κ2) is 7.70. The van der Waals surface area contributed by atoms with Crippen LogP contribution in [0, 0.1) is 0 Å². The van der Waals surface area contributed by atoms with Gasteiger partial charge in [0, 0.05) is 23.4 Å². The lowest BCUT2D eigenvalue weighted by molar-refractivity contribution is -0.137. The van der Waals surface area contributed by atoms with E-state index in [2.05, 4.69) is 11.9 Å². The number of benzene rings is 1. The van der Waals surface area contributed by atoms with Gasteiger partial charge < -0.3 is 9.84 Å². The molecule has 0 bridgehead atoms. The Morgan fingerprint density at radius 1 is 1.38 bits per heavy atom. The molecule has 3 aromatic rings. The summed E-state index contributed by atoms with van der Waals surface area (Å²) < 4.78 is 6.82. The number of carboxylic acids is 1. The van der Waals surface area contributed by atoms with Gasteiger partial charge in [0.15, 0.2) is 0 Å². The number of hydrogen-bond donors (Lipinski definition) is 1. The zero-order valence-electron chi connectivity index (χ0n) is 14.7. The maximum Gasteiger partial charge on any atom is 0.303 e. The quantitative estimate of drug-likeness (QED) is 0.686. The van der Waals surface area contributed by atoms with Crippen molar-refractivity contribution in [3.63, 3.8) is 0 Å². The number of nitrogens with zero attached hydrogens (tertiary/aromatic N) is 2. The first-order chi connectivity index (χ1) is 12.5. The largest absolute Gasteiger partial charge is 0.497 e. The summed E-state index contributed by atoms with van der Waals surface area (Å²) in [4.78, 5) is 30.0. The van der Waals surface area contributed by atoms with Crippen LogP contribution < -0.4 is 10.3 Å². The highest BCUT2D eigenvalue weighted by Crippen LogP contribution is 2.37. The number of fused-ring (bicyclic) bond motifs is 1. The minimum atomic E-state index is -0.868. The van der Waals surface area contributed by atoms with Crippen molar-refractivity contribution in [2.24, 2.45) is 0 Å². The summed E-state index contributed by atoms with van der Waals surface area (Å²) >= 11 is 1.52. The van der Waals surface area contributed by atoms with E-state index in [4.69, 9.17) is 9.84 Å². The Morgan fingerprint density at radius 3 is 2.88 bits per heavy atom. The monoisotopic (exact) mass is 372 g/mol. The number of aliphatic carboxylic acids is 1. The third-order valence-electron chi connectivity index (χ3n) is 4.22. The number of thiophene rings is 1. The van der Waals surface area contributed by atoms with Crippen molar-refractivity contribution in [1.82, 2.24) is 9.55 Å². The van der Waals surface area contributed by atoms with Crippen LogP contribution in [0.4, 0.5) is 0 Å². The molecule has 0 spiro atoms.